The van der Waals surface area contributed by atoms with Crippen LogP contribution in [-0.4, -0.2) is 28.6 Å². The molecule has 0 radical (unpaired) electrons. The zero-order chi connectivity index (χ0) is 17.2. The van der Waals surface area contributed by atoms with Crippen molar-refractivity contribution in [3.05, 3.63) is 65.0 Å². The van der Waals surface area contributed by atoms with Crippen molar-refractivity contribution in [3.63, 3.8) is 0 Å². The lowest BCUT2D eigenvalue weighted by Gasteiger charge is -2.13. The van der Waals surface area contributed by atoms with Gasteiger partial charge in [-0.05, 0) is 47.7 Å². The van der Waals surface area contributed by atoms with Gasteiger partial charge < -0.3 is 5.32 Å². The van der Waals surface area contributed by atoms with Crippen LogP contribution < -0.4 is 10.7 Å². The average Bonchev–Trinajstić information content (AvgIpc) is 3.04. The third-order valence-electron chi connectivity index (χ3n) is 4.61. The molecule has 4 rings (SSSR count). The highest BCUT2D eigenvalue weighted by atomic mass is 16.2. The number of amides is 2. The van der Waals surface area contributed by atoms with Gasteiger partial charge in [-0.2, -0.15) is 5.10 Å². The zero-order valence-corrected chi connectivity index (χ0v) is 13.7. The second kappa shape index (κ2) is 6.47. The van der Waals surface area contributed by atoms with Crippen molar-refractivity contribution in [2.45, 2.75) is 31.7 Å². The molecule has 0 bridgehead atoms. The van der Waals surface area contributed by atoms with E-state index in [1.54, 1.807) is 24.4 Å². The molecule has 1 atom stereocenters. The molecule has 126 valence electrons. The van der Waals surface area contributed by atoms with Crippen LogP contribution in [0.2, 0.25) is 0 Å². The Morgan fingerprint density at radius 1 is 1.12 bits per heavy atom. The van der Waals surface area contributed by atoms with Gasteiger partial charge in [-0.3, -0.25) is 14.6 Å². The van der Waals surface area contributed by atoms with Crippen LogP contribution in [0.1, 0.15) is 40.0 Å². The van der Waals surface area contributed by atoms with Crippen molar-refractivity contribution >= 4 is 17.5 Å². The average molecular weight is 334 g/mol. The number of hydrogen-bond donors (Lipinski definition) is 2. The van der Waals surface area contributed by atoms with E-state index < -0.39 is 0 Å². The highest BCUT2D eigenvalue weighted by molar-refractivity contribution is 6.04. The van der Waals surface area contributed by atoms with Gasteiger partial charge in [0, 0.05) is 25.1 Å². The van der Waals surface area contributed by atoms with Crippen molar-refractivity contribution in [2.24, 2.45) is 5.10 Å². The highest BCUT2D eigenvalue weighted by Crippen LogP contribution is 2.25. The maximum absolute atomic E-state index is 12.3. The van der Waals surface area contributed by atoms with Crippen LogP contribution in [0.3, 0.4) is 0 Å². The van der Waals surface area contributed by atoms with E-state index in [2.05, 4.69) is 33.0 Å². The molecule has 0 spiro atoms. The largest absolute Gasteiger partial charge is 0.347 e. The first-order valence-electron chi connectivity index (χ1n) is 8.38. The molecule has 25 heavy (non-hydrogen) atoms. The smallest absolute Gasteiger partial charge is 0.270 e. The van der Waals surface area contributed by atoms with Crippen LogP contribution in [0.4, 0.5) is 0 Å². The van der Waals surface area contributed by atoms with Gasteiger partial charge in [0.1, 0.15) is 5.69 Å². The Morgan fingerprint density at radius 2 is 2.00 bits per heavy atom. The predicted octanol–water partition coefficient (Wildman–Crippen LogP) is 1.59. The summed E-state index contributed by atoms with van der Waals surface area (Å²) in [6, 6.07) is 11.6. The number of carbonyl (C=O) groups is 2. The first kappa shape index (κ1) is 15.5. The van der Waals surface area contributed by atoms with Crippen molar-refractivity contribution in [1.29, 1.82) is 0 Å². The molecule has 1 aliphatic heterocycles. The standard InChI is InChI=1S/C19H18N4O2/c24-18-7-6-16(22-23-18)13-5-4-12-10-15(11-14(12)9-13)21-19(25)17-3-1-2-8-20-17/h1-5,8-9,15H,6-7,10-11H2,(H,21,25)(H,23,24). The fourth-order valence-corrected chi connectivity index (χ4v) is 3.34. The van der Waals surface area contributed by atoms with Crippen LogP contribution in [0, 0.1) is 0 Å². The number of hydrogen-bond acceptors (Lipinski definition) is 4. The molecule has 1 unspecified atom stereocenters. The van der Waals surface area contributed by atoms with Crippen molar-refractivity contribution < 1.29 is 9.59 Å². The number of nitrogens with zero attached hydrogens (tertiary/aromatic N) is 2. The number of benzene rings is 1. The number of pyridine rings is 1. The second-order valence-electron chi connectivity index (χ2n) is 6.37. The molecule has 2 aromatic rings. The van der Waals surface area contributed by atoms with Gasteiger partial charge in [0.2, 0.25) is 5.91 Å². The summed E-state index contributed by atoms with van der Waals surface area (Å²) in [6.45, 7) is 0. The first-order chi connectivity index (χ1) is 12.2. The van der Waals surface area contributed by atoms with Gasteiger partial charge in [-0.1, -0.05) is 18.2 Å². The SMILES string of the molecule is O=C1CCC(c2ccc3c(c2)CC(NC(=O)c2ccccn2)C3)=NN1. The van der Waals surface area contributed by atoms with E-state index in [0.29, 0.717) is 18.5 Å². The lowest BCUT2D eigenvalue weighted by Crippen LogP contribution is -2.35. The van der Waals surface area contributed by atoms with E-state index in [1.165, 1.54) is 11.1 Å². The van der Waals surface area contributed by atoms with E-state index in [9.17, 15) is 9.59 Å². The summed E-state index contributed by atoms with van der Waals surface area (Å²) < 4.78 is 0. The summed E-state index contributed by atoms with van der Waals surface area (Å²) in [7, 11) is 0. The molecule has 2 amide bonds. The molecule has 0 saturated carbocycles. The molecule has 1 aromatic carbocycles. The van der Waals surface area contributed by atoms with Crippen LogP contribution in [-0.2, 0) is 17.6 Å². The number of hydrazone groups is 1. The van der Waals surface area contributed by atoms with Gasteiger partial charge in [0.05, 0.1) is 5.71 Å². The van der Waals surface area contributed by atoms with Crippen LogP contribution in [0.5, 0.6) is 0 Å². The molecular weight excluding hydrogens is 316 g/mol. The van der Waals surface area contributed by atoms with Crippen LogP contribution in [0.15, 0.2) is 47.7 Å². The van der Waals surface area contributed by atoms with E-state index in [0.717, 1.165) is 24.1 Å². The number of carbonyl (C=O) groups excluding carboxylic acids is 2. The summed E-state index contributed by atoms with van der Waals surface area (Å²) in [6.07, 6.45) is 4.36. The molecule has 2 N–H and O–H groups in total. The molecule has 1 aromatic heterocycles. The Labute approximate surface area is 145 Å². The molecule has 2 aliphatic rings. The molecule has 2 heterocycles. The number of fused-ring (bicyclic) bond motifs is 1. The summed E-state index contributed by atoms with van der Waals surface area (Å²) in [5, 5.41) is 7.21. The second-order valence-corrected chi connectivity index (χ2v) is 6.37. The number of aromatic nitrogens is 1. The van der Waals surface area contributed by atoms with Gasteiger partial charge in [-0.15, -0.1) is 0 Å². The van der Waals surface area contributed by atoms with Gasteiger partial charge in [0.25, 0.3) is 5.91 Å². The molecule has 0 saturated heterocycles. The molecule has 1 aliphatic carbocycles. The number of rotatable bonds is 3. The quantitative estimate of drug-likeness (QED) is 0.894. The van der Waals surface area contributed by atoms with Gasteiger partial charge in [0.15, 0.2) is 0 Å². The first-order valence-corrected chi connectivity index (χ1v) is 8.38. The summed E-state index contributed by atoms with van der Waals surface area (Å²) in [5.74, 6) is -0.180. The fourth-order valence-electron chi connectivity index (χ4n) is 3.34. The summed E-state index contributed by atoms with van der Waals surface area (Å²) >= 11 is 0. The lowest BCUT2D eigenvalue weighted by atomic mass is 10.00. The number of nitrogens with one attached hydrogen (secondary N) is 2. The monoisotopic (exact) mass is 334 g/mol. The minimum absolute atomic E-state index is 0.0396. The van der Waals surface area contributed by atoms with E-state index in [4.69, 9.17) is 0 Å². The summed E-state index contributed by atoms with van der Waals surface area (Å²) in [4.78, 5) is 27.6. The zero-order valence-electron chi connectivity index (χ0n) is 13.7. The Kier molecular flexibility index (Phi) is 4.01. The molecule has 6 heteroatoms. The summed E-state index contributed by atoms with van der Waals surface area (Å²) in [5.41, 5.74) is 7.39. The lowest BCUT2D eigenvalue weighted by molar-refractivity contribution is -0.121. The van der Waals surface area contributed by atoms with Crippen molar-refractivity contribution in [1.82, 2.24) is 15.7 Å². The Hall–Kier alpha value is -3.02. The maximum atomic E-state index is 12.3. The minimum Gasteiger partial charge on any atom is -0.347 e. The minimum atomic E-state index is -0.141. The predicted molar refractivity (Wildman–Crippen MR) is 93.3 cm³/mol. The van der Waals surface area contributed by atoms with Gasteiger partial charge in [-0.25, -0.2) is 5.43 Å². The van der Waals surface area contributed by atoms with Crippen molar-refractivity contribution in [2.75, 3.05) is 0 Å². The maximum Gasteiger partial charge on any atom is 0.270 e. The highest BCUT2D eigenvalue weighted by Gasteiger charge is 2.24. The third-order valence-corrected chi connectivity index (χ3v) is 4.61. The van der Waals surface area contributed by atoms with Crippen LogP contribution >= 0.6 is 0 Å². The fraction of sp³-hybridized carbons (Fsp3) is 0.263. The topological polar surface area (TPSA) is 83.5 Å². The third kappa shape index (κ3) is 3.28. The van der Waals surface area contributed by atoms with Gasteiger partial charge >= 0.3 is 0 Å². The van der Waals surface area contributed by atoms with E-state index in [1.807, 2.05) is 6.07 Å². The van der Waals surface area contributed by atoms with Crippen molar-refractivity contribution in [3.8, 4) is 0 Å². The van der Waals surface area contributed by atoms with Crippen LogP contribution in [0.25, 0.3) is 0 Å². The van der Waals surface area contributed by atoms with E-state index in [-0.39, 0.29) is 17.9 Å². The Bertz CT molecular complexity index is 861. The Balaban J connectivity index is 1.46. The molecule has 0 fully saturated rings. The Morgan fingerprint density at radius 3 is 2.76 bits per heavy atom. The normalized spacial score (nSPS) is 19.0. The molecule has 6 nitrogen and oxygen atoms in total. The van der Waals surface area contributed by atoms with E-state index >= 15 is 0 Å². The molecular formula is C19H18N4O2.